The largest absolute Gasteiger partial charge is 0.427 e. The standard InChI is InChI=1S/C21H21BBrN6O3S/c1-32-22-24-11-12-26-33(30,31)17-9-7-16(8-10-17)27-20-13-19(15-5-3-2-4-6-15)28-21-18(23)14-25-29(20)21/h2-10,13-14,24,26-27H,11-12H2,1H3. The predicted molar refractivity (Wildman–Crippen MR) is 132 cm³/mol. The Balaban J connectivity index is 1.55. The van der Waals surface area contributed by atoms with Gasteiger partial charge < -0.3 is 15.2 Å². The maximum atomic E-state index is 12.5. The molecule has 0 spiro atoms. The Kier molecular flexibility index (Phi) is 7.41. The Morgan fingerprint density at radius 2 is 1.85 bits per heavy atom. The van der Waals surface area contributed by atoms with Crippen LogP contribution in [0.3, 0.4) is 0 Å². The number of halogens is 1. The number of sulfonamides is 1. The summed E-state index contributed by atoms with van der Waals surface area (Å²) in [6.45, 7) is 0.640. The second kappa shape index (κ2) is 10.4. The number of rotatable bonds is 10. The summed E-state index contributed by atoms with van der Waals surface area (Å²) in [5.74, 6) is 0.693. The van der Waals surface area contributed by atoms with Crippen molar-refractivity contribution in [3.63, 3.8) is 0 Å². The lowest BCUT2D eigenvalue weighted by Crippen LogP contribution is -2.33. The van der Waals surface area contributed by atoms with Gasteiger partial charge in [0.2, 0.25) is 10.0 Å². The van der Waals surface area contributed by atoms with Gasteiger partial charge in [0.1, 0.15) is 5.82 Å². The van der Waals surface area contributed by atoms with Crippen LogP contribution in [0.4, 0.5) is 11.5 Å². The monoisotopic (exact) mass is 527 g/mol. The molecule has 0 aliphatic carbocycles. The molecular weight excluding hydrogens is 507 g/mol. The third kappa shape index (κ3) is 5.60. The molecule has 0 saturated heterocycles. The lowest BCUT2D eigenvalue weighted by atomic mass is 10.1. The zero-order valence-electron chi connectivity index (χ0n) is 17.7. The van der Waals surface area contributed by atoms with Crippen LogP contribution >= 0.6 is 15.9 Å². The Labute approximate surface area is 201 Å². The van der Waals surface area contributed by atoms with E-state index in [2.05, 4.69) is 36.3 Å². The molecule has 0 amide bonds. The van der Waals surface area contributed by atoms with E-state index in [4.69, 9.17) is 9.64 Å². The SMILES string of the molecule is CO[B]NCCNS(=O)(=O)c1ccc(Nc2cc(-c3ccccc3)nc3c(Br)cnn23)cc1. The molecule has 3 N–H and O–H groups in total. The molecule has 33 heavy (non-hydrogen) atoms. The zero-order valence-corrected chi connectivity index (χ0v) is 20.1. The molecule has 0 aliphatic heterocycles. The van der Waals surface area contributed by atoms with Gasteiger partial charge in [-0.05, 0) is 40.2 Å². The van der Waals surface area contributed by atoms with Crippen molar-refractivity contribution in [2.24, 2.45) is 0 Å². The van der Waals surface area contributed by atoms with Crippen molar-refractivity contribution in [1.29, 1.82) is 0 Å². The van der Waals surface area contributed by atoms with Gasteiger partial charge in [-0.2, -0.15) is 9.61 Å². The Morgan fingerprint density at radius 1 is 1.09 bits per heavy atom. The van der Waals surface area contributed by atoms with E-state index in [0.29, 0.717) is 23.7 Å². The van der Waals surface area contributed by atoms with E-state index in [1.165, 1.54) is 14.7 Å². The van der Waals surface area contributed by atoms with E-state index in [0.717, 1.165) is 15.7 Å². The van der Waals surface area contributed by atoms with Crippen LogP contribution in [0.2, 0.25) is 0 Å². The van der Waals surface area contributed by atoms with Crippen molar-refractivity contribution in [3.05, 3.63) is 71.3 Å². The molecule has 0 unspecified atom stereocenters. The third-order valence-corrected chi connectivity index (χ3v) is 6.73. The second-order valence-corrected chi connectivity index (χ2v) is 9.60. The predicted octanol–water partition coefficient (Wildman–Crippen LogP) is 2.95. The van der Waals surface area contributed by atoms with Crippen LogP contribution in [0.25, 0.3) is 16.9 Å². The molecule has 2 aromatic carbocycles. The first-order valence-electron chi connectivity index (χ1n) is 10.0. The second-order valence-electron chi connectivity index (χ2n) is 6.98. The van der Waals surface area contributed by atoms with Crippen LogP contribution in [0.5, 0.6) is 0 Å². The lowest BCUT2D eigenvalue weighted by Gasteiger charge is -2.12. The first kappa shape index (κ1) is 23.4. The minimum atomic E-state index is -3.62. The van der Waals surface area contributed by atoms with Crippen molar-refractivity contribution in [2.75, 3.05) is 25.5 Å². The first-order chi connectivity index (χ1) is 16.0. The number of hydrogen-bond donors (Lipinski definition) is 3. The average Bonchev–Trinajstić information content (AvgIpc) is 3.21. The summed E-state index contributed by atoms with van der Waals surface area (Å²) in [6.07, 6.45) is 1.68. The third-order valence-electron chi connectivity index (χ3n) is 4.70. The fourth-order valence-electron chi connectivity index (χ4n) is 3.13. The summed E-state index contributed by atoms with van der Waals surface area (Å²) in [4.78, 5) is 4.89. The van der Waals surface area contributed by atoms with Crippen LogP contribution in [-0.4, -0.2) is 50.8 Å². The van der Waals surface area contributed by atoms with Crippen LogP contribution in [0.1, 0.15) is 0 Å². The molecule has 0 aliphatic rings. The summed E-state index contributed by atoms with van der Waals surface area (Å²) in [5.41, 5.74) is 3.14. The number of fused-ring (bicyclic) bond motifs is 1. The van der Waals surface area contributed by atoms with E-state index in [-0.39, 0.29) is 11.4 Å². The molecule has 9 nitrogen and oxygen atoms in total. The van der Waals surface area contributed by atoms with Gasteiger partial charge in [-0.1, -0.05) is 30.3 Å². The van der Waals surface area contributed by atoms with Crippen molar-refractivity contribution >= 4 is 50.7 Å². The van der Waals surface area contributed by atoms with Crippen molar-refractivity contribution < 1.29 is 13.1 Å². The van der Waals surface area contributed by atoms with E-state index in [1.807, 2.05) is 36.4 Å². The van der Waals surface area contributed by atoms with Gasteiger partial charge in [-0.25, -0.2) is 18.1 Å². The van der Waals surface area contributed by atoms with E-state index in [9.17, 15) is 8.42 Å². The summed E-state index contributed by atoms with van der Waals surface area (Å²) in [6, 6.07) is 18.3. The first-order valence-corrected chi connectivity index (χ1v) is 12.3. The number of nitrogens with one attached hydrogen (secondary N) is 3. The molecule has 169 valence electrons. The smallest absolute Gasteiger partial charge is 0.395 e. The Morgan fingerprint density at radius 3 is 2.58 bits per heavy atom. The fraction of sp³-hybridized carbons (Fsp3) is 0.143. The molecule has 2 heterocycles. The van der Waals surface area contributed by atoms with E-state index < -0.39 is 10.0 Å². The van der Waals surface area contributed by atoms with Gasteiger partial charge in [0.25, 0.3) is 0 Å². The normalized spacial score (nSPS) is 11.6. The number of anilines is 2. The topological polar surface area (TPSA) is 110 Å². The van der Waals surface area contributed by atoms with Crippen LogP contribution < -0.4 is 15.3 Å². The minimum absolute atomic E-state index is 0.176. The highest BCUT2D eigenvalue weighted by Gasteiger charge is 2.15. The molecule has 2 aromatic heterocycles. The maximum Gasteiger partial charge on any atom is 0.395 e. The highest BCUT2D eigenvalue weighted by molar-refractivity contribution is 9.10. The lowest BCUT2D eigenvalue weighted by molar-refractivity contribution is 0.431. The van der Waals surface area contributed by atoms with Gasteiger partial charge in [0.15, 0.2) is 5.65 Å². The molecule has 0 atom stereocenters. The zero-order chi connectivity index (χ0) is 23.3. The van der Waals surface area contributed by atoms with Crippen LogP contribution in [0.15, 0.2) is 76.2 Å². The van der Waals surface area contributed by atoms with Gasteiger partial charge >= 0.3 is 7.62 Å². The maximum absolute atomic E-state index is 12.5. The van der Waals surface area contributed by atoms with Crippen molar-refractivity contribution in [3.8, 4) is 11.3 Å². The van der Waals surface area contributed by atoms with Gasteiger partial charge in [-0.15, -0.1) is 0 Å². The number of benzene rings is 2. The molecule has 0 bridgehead atoms. The molecule has 12 heteroatoms. The molecule has 4 rings (SSSR count). The Hall–Kier alpha value is -2.77. The number of nitrogens with zero attached hydrogens (tertiary/aromatic N) is 3. The van der Waals surface area contributed by atoms with Gasteiger partial charge in [0, 0.05) is 37.5 Å². The van der Waals surface area contributed by atoms with Crippen LogP contribution in [0, 0.1) is 0 Å². The fourth-order valence-corrected chi connectivity index (χ4v) is 4.51. The summed E-state index contributed by atoms with van der Waals surface area (Å²) < 4.78 is 34.7. The minimum Gasteiger partial charge on any atom is -0.427 e. The van der Waals surface area contributed by atoms with E-state index >= 15 is 0 Å². The molecule has 0 saturated carbocycles. The summed E-state index contributed by atoms with van der Waals surface area (Å²) in [5, 5.41) is 10.5. The molecular formula is C21H21BBrN6O3S. The average molecular weight is 528 g/mol. The Bertz CT molecular complexity index is 1330. The molecule has 0 fully saturated rings. The number of hydrogen-bond acceptors (Lipinski definition) is 7. The van der Waals surface area contributed by atoms with E-state index in [1.54, 1.807) is 35.0 Å². The van der Waals surface area contributed by atoms with Crippen LogP contribution in [-0.2, 0) is 14.7 Å². The summed E-state index contributed by atoms with van der Waals surface area (Å²) in [7, 11) is -0.711. The van der Waals surface area contributed by atoms with Crippen molar-refractivity contribution in [1.82, 2.24) is 24.5 Å². The highest BCUT2D eigenvalue weighted by Crippen LogP contribution is 2.27. The molecule has 4 aromatic rings. The highest BCUT2D eigenvalue weighted by atomic mass is 79.9. The van der Waals surface area contributed by atoms with Gasteiger partial charge in [-0.3, -0.25) is 0 Å². The van der Waals surface area contributed by atoms with Gasteiger partial charge in [0.05, 0.1) is 21.3 Å². The quantitative estimate of drug-likeness (QED) is 0.215. The molecule has 1 radical (unpaired) electrons. The van der Waals surface area contributed by atoms with Crippen molar-refractivity contribution in [2.45, 2.75) is 4.90 Å². The number of aromatic nitrogens is 3. The summed E-state index contributed by atoms with van der Waals surface area (Å²) >= 11 is 3.50.